The SMILES string of the molecule is CCNC(=NCC(OC)C(C)(C)C)NCCS(=O)(=O)NCC1CCCCO1. The van der Waals surface area contributed by atoms with Crippen LogP contribution in [0.1, 0.15) is 47.0 Å². The van der Waals surface area contributed by atoms with Crippen LogP contribution >= 0.6 is 0 Å². The van der Waals surface area contributed by atoms with Gasteiger partial charge < -0.3 is 20.1 Å². The van der Waals surface area contributed by atoms with Crippen LogP contribution in [-0.2, 0) is 19.5 Å². The number of rotatable bonds is 10. The van der Waals surface area contributed by atoms with Gasteiger partial charge in [0.1, 0.15) is 0 Å². The summed E-state index contributed by atoms with van der Waals surface area (Å²) in [4.78, 5) is 4.52. The number of methoxy groups -OCH3 is 1. The molecule has 0 aromatic carbocycles. The van der Waals surface area contributed by atoms with Crippen molar-refractivity contribution >= 4 is 16.0 Å². The van der Waals surface area contributed by atoms with Crippen molar-refractivity contribution in [3.05, 3.63) is 0 Å². The average Bonchev–Trinajstić information content (AvgIpc) is 2.60. The number of guanidine groups is 1. The molecule has 160 valence electrons. The predicted octanol–water partition coefficient (Wildman–Crippen LogP) is 1.09. The van der Waals surface area contributed by atoms with Crippen LogP contribution in [-0.4, -0.2) is 72.2 Å². The van der Waals surface area contributed by atoms with Crippen LogP contribution < -0.4 is 15.4 Å². The highest BCUT2D eigenvalue weighted by atomic mass is 32.2. The first-order chi connectivity index (χ1) is 12.7. The summed E-state index contributed by atoms with van der Waals surface area (Å²) in [5, 5.41) is 6.21. The summed E-state index contributed by atoms with van der Waals surface area (Å²) in [6, 6.07) is 0. The molecule has 9 heteroatoms. The van der Waals surface area contributed by atoms with Gasteiger partial charge in [0.2, 0.25) is 10.0 Å². The Kier molecular flexibility index (Phi) is 10.6. The summed E-state index contributed by atoms with van der Waals surface area (Å²) in [5.74, 6) is 0.575. The molecule has 1 aliphatic rings. The van der Waals surface area contributed by atoms with Gasteiger partial charge in [0, 0.05) is 33.4 Å². The Bertz CT molecular complexity index is 540. The van der Waals surface area contributed by atoms with Crippen molar-refractivity contribution < 1.29 is 17.9 Å². The van der Waals surface area contributed by atoms with E-state index in [2.05, 4.69) is 41.1 Å². The maximum atomic E-state index is 12.2. The minimum atomic E-state index is -3.35. The highest BCUT2D eigenvalue weighted by molar-refractivity contribution is 7.89. The summed E-state index contributed by atoms with van der Waals surface area (Å²) >= 11 is 0. The second kappa shape index (κ2) is 11.8. The van der Waals surface area contributed by atoms with Crippen LogP contribution in [0.25, 0.3) is 0 Å². The molecule has 2 atom stereocenters. The molecule has 1 aliphatic heterocycles. The second-order valence-electron chi connectivity index (χ2n) is 7.89. The summed E-state index contributed by atoms with van der Waals surface area (Å²) < 4.78 is 38.0. The van der Waals surface area contributed by atoms with E-state index in [0.29, 0.717) is 32.2 Å². The molecule has 0 spiro atoms. The van der Waals surface area contributed by atoms with Gasteiger partial charge in [-0.05, 0) is 31.6 Å². The van der Waals surface area contributed by atoms with Gasteiger partial charge in [-0.2, -0.15) is 0 Å². The smallest absolute Gasteiger partial charge is 0.213 e. The van der Waals surface area contributed by atoms with Crippen LogP contribution in [0.4, 0.5) is 0 Å². The Morgan fingerprint density at radius 1 is 1.30 bits per heavy atom. The van der Waals surface area contributed by atoms with Gasteiger partial charge in [0.05, 0.1) is 24.5 Å². The second-order valence-corrected chi connectivity index (χ2v) is 9.82. The molecule has 1 saturated heterocycles. The van der Waals surface area contributed by atoms with Gasteiger partial charge in [0.15, 0.2) is 5.96 Å². The lowest BCUT2D eigenvalue weighted by molar-refractivity contribution is 0.0200. The maximum absolute atomic E-state index is 12.2. The van der Waals surface area contributed by atoms with E-state index in [1.54, 1.807) is 7.11 Å². The molecule has 3 N–H and O–H groups in total. The first-order valence-corrected chi connectivity index (χ1v) is 11.5. The topological polar surface area (TPSA) is 101 Å². The van der Waals surface area contributed by atoms with Gasteiger partial charge in [0.25, 0.3) is 0 Å². The minimum Gasteiger partial charge on any atom is -0.379 e. The van der Waals surface area contributed by atoms with Crippen LogP contribution in [0.3, 0.4) is 0 Å². The molecule has 0 aromatic heterocycles. The zero-order valence-corrected chi connectivity index (χ0v) is 18.3. The lowest BCUT2D eigenvalue weighted by atomic mass is 9.89. The Labute approximate surface area is 164 Å². The first kappa shape index (κ1) is 24.1. The summed E-state index contributed by atoms with van der Waals surface area (Å²) in [5.41, 5.74) is -0.0238. The largest absolute Gasteiger partial charge is 0.379 e. The van der Waals surface area contributed by atoms with E-state index >= 15 is 0 Å². The standard InChI is InChI=1S/C18H38N4O4S/c1-6-19-17(21-14-16(25-5)18(2,3)4)20-10-12-27(23,24)22-13-15-9-7-8-11-26-15/h15-16,22H,6-14H2,1-5H3,(H2,19,20,21). The van der Waals surface area contributed by atoms with Crippen LogP contribution in [0.15, 0.2) is 4.99 Å². The van der Waals surface area contributed by atoms with Crippen molar-refractivity contribution in [2.75, 3.05) is 45.6 Å². The van der Waals surface area contributed by atoms with Crippen LogP contribution in [0.2, 0.25) is 0 Å². The van der Waals surface area contributed by atoms with E-state index in [4.69, 9.17) is 9.47 Å². The van der Waals surface area contributed by atoms with E-state index in [1.165, 1.54) is 0 Å². The molecule has 27 heavy (non-hydrogen) atoms. The molecular formula is C18H38N4O4S. The monoisotopic (exact) mass is 406 g/mol. The number of nitrogens with zero attached hydrogens (tertiary/aromatic N) is 1. The van der Waals surface area contributed by atoms with Crippen molar-refractivity contribution in [2.45, 2.75) is 59.2 Å². The Morgan fingerprint density at radius 3 is 2.59 bits per heavy atom. The molecule has 0 bridgehead atoms. The Balaban J connectivity index is 2.44. The average molecular weight is 407 g/mol. The molecule has 1 heterocycles. The van der Waals surface area contributed by atoms with Crippen molar-refractivity contribution in [3.63, 3.8) is 0 Å². The highest BCUT2D eigenvalue weighted by Gasteiger charge is 2.24. The van der Waals surface area contributed by atoms with Gasteiger partial charge in [-0.3, -0.25) is 4.99 Å². The van der Waals surface area contributed by atoms with Crippen molar-refractivity contribution in [1.82, 2.24) is 15.4 Å². The van der Waals surface area contributed by atoms with Gasteiger partial charge in [-0.25, -0.2) is 13.1 Å². The zero-order chi connectivity index (χ0) is 20.3. The third-order valence-corrected chi connectivity index (χ3v) is 5.83. The molecule has 2 unspecified atom stereocenters. The number of hydrogen-bond acceptors (Lipinski definition) is 5. The first-order valence-electron chi connectivity index (χ1n) is 9.82. The van der Waals surface area contributed by atoms with Gasteiger partial charge in [-0.1, -0.05) is 20.8 Å². The lowest BCUT2D eigenvalue weighted by Crippen LogP contribution is -2.43. The summed E-state index contributed by atoms with van der Waals surface area (Å²) in [6.45, 7) is 10.8. The molecule has 1 rings (SSSR count). The third-order valence-electron chi connectivity index (χ3n) is 4.48. The molecule has 0 aromatic rings. The fraction of sp³-hybridized carbons (Fsp3) is 0.944. The Hall–Kier alpha value is -0.900. The maximum Gasteiger partial charge on any atom is 0.213 e. The molecular weight excluding hydrogens is 368 g/mol. The van der Waals surface area contributed by atoms with E-state index in [-0.39, 0.29) is 29.9 Å². The zero-order valence-electron chi connectivity index (χ0n) is 17.5. The molecule has 8 nitrogen and oxygen atoms in total. The van der Waals surface area contributed by atoms with Crippen LogP contribution in [0.5, 0.6) is 0 Å². The molecule has 1 fully saturated rings. The lowest BCUT2D eigenvalue weighted by Gasteiger charge is -2.28. The number of aliphatic imine (C=N–C) groups is 1. The van der Waals surface area contributed by atoms with E-state index in [0.717, 1.165) is 19.3 Å². The van der Waals surface area contributed by atoms with Gasteiger partial charge in [-0.15, -0.1) is 0 Å². The highest BCUT2D eigenvalue weighted by Crippen LogP contribution is 2.21. The van der Waals surface area contributed by atoms with Gasteiger partial charge >= 0.3 is 0 Å². The summed E-state index contributed by atoms with van der Waals surface area (Å²) in [6.07, 6.45) is 3.02. The normalized spacial score (nSPS) is 20.3. The third kappa shape index (κ3) is 10.3. The molecule has 0 radical (unpaired) electrons. The molecule has 0 saturated carbocycles. The van der Waals surface area contributed by atoms with E-state index in [9.17, 15) is 8.42 Å². The number of nitrogens with one attached hydrogen (secondary N) is 3. The van der Waals surface area contributed by atoms with Crippen LogP contribution in [0, 0.1) is 5.41 Å². The molecule has 0 aliphatic carbocycles. The summed E-state index contributed by atoms with van der Waals surface area (Å²) in [7, 11) is -1.67. The Morgan fingerprint density at radius 2 is 2.04 bits per heavy atom. The van der Waals surface area contributed by atoms with E-state index < -0.39 is 10.0 Å². The quantitative estimate of drug-likeness (QED) is 0.371. The van der Waals surface area contributed by atoms with Crippen molar-refractivity contribution in [2.24, 2.45) is 10.4 Å². The number of ether oxygens (including phenoxy) is 2. The minimum absolute atomic E-state index is 0.0104. The predicted molar refractivity (Wildman–Crippen MR) is 110 cm³/mol. The van der Waals surface area contributed by atoms with E-state index in [1.807, 2.05) is 6.92 Å². The number of hydrogen-bond donors (Lipinski definition) is 3. The fourth-order valence-corrected chi connectivity index (χ4v) is 3.74. The number of sulfonamides is 1. The van der Waals surface area contributed by atoms with Crippen molar-refractivity contribution in [3.8, 4) is 0 Å². The molecule has 0 amide bonds. The fourth-order valence-electron chi connectivity index (χ4n) is 2.78. The van der Waals surface area contributed by atoms with Crippen molar-refractivity contribution in [1.29, 1.82) is 0 Å².